The molecule has 0 aliphatic carbocycles. The van der Waals surface area contributed by atoms with E-state index in [1.54, 1.807) is 0 Å². The van der Waals surface area contributed by atoms with Gasteiger partial charge in [-0.25, -0.2) is 12.6 Å². The van der Waals surface area contributed by atoms with Crippen molar-refractivity contribution in [1.82, 2.24) is 0 Å². The standard InChI is InChI=1S/C3H2F6O3S2/c4-2(5,6)13(10)1-14(11,12)3(7,8)9/h1H2. The number of hydrogen-bond donors (Lipinski definition) is 0. The Balaban J connectivity index is 4.82. The average molecular weight is 264 g/mol. The van der Waals surface area contributed by atoms with Gasteiger partial charge in [-0.1, -0.05) is 0 Å². The van der Waals surface area contributed by atoms with Crippen LogP contribution in [0.3, 0.4) is 0 Å². The molecule has 1 unspecified atom stereocenters. The molecule has 0 amide bonds. The topological polar surface area (TPSA) is 51.2 Å². The van der Waals surface area contributed by atoms with E-state index in [2.05, 4.69) is 0 Å². The fourth-order valence-electron chi connectivity index (χ4n) is 0.275. The lowest BCUT2D eigenvalue weighted by molar-refractivity contribution is -0.0439. The van der Waals surface area contributed by atoms with Gasteiger partial charge in [0, 0.05) is 0 Å². The van der Waals surface area contributed by atoms with Crippen LogP contribution in [0.15, 0.2) is 0 Å². The third kappa shape index (κ3) is 3.44. The van der Waals surface area contributed by atoms with Gasteiger partial charge < -0.3 is 0 Å². The summed E-state index contributed by atoms with van der Waals surface area (Å²) in [5.74, 6) is 0. The smallest absolute Gasteiger partial charge is 0.249 e. The van der Waals surface area contributed by atoms with Crippen molar-refractivity contribution in [3.05, 3.63) is 0 Å². The second-order valence-corrected chi connectivity index (χ2v) is 5.76. The highest BCUT2D eigenvalue weighted by Gasteiger charge is 2.50. The van der Waals surface area contributed by atoms with E-state index in [1.165, 1.54) is 0 Å². The van der Waals surface area contributed by atoms with Crippen LogP contribution in [0.2, 0.25) is 0 Å². The molecule has 0 saturated heterocycles. The quantitative estimate of drug-likeness (QED) is 0.703. The maximum absolute atomic E-state index is 11.5. The normalized spacial score (nSPS) is 16.7. The highest BCUT2D eigenvalue weighted by atomic mass is 32.3. The summed E-state index contributed by atoms with van der Waals surface area (Å²) >= 11 is 0. The molecule has 1 atom stereocenters. The van der Waals surface area contributed by atoms with Gasteiger partial charge in [0.1, 0.15) is 15.9 Å². The van der Waals surface area contributed by atoms with E-state index in [-0.39, 0.29) is 0 Å². The molecule has 0 N–H and O–H groups in total. The summed E-state index contributed by atoms with van der Waals surface area (Å²) in [5, 5.41) is -2.50. The number of hydrogen-bond acceptors (Lipinski definition) is 3. The van der Waals surface area contributed by atoms with Gasteiger partial charge in [0.05, 0.1) is 0 Å². The molecule has 0 aliphatic rings. The van der Waals surface area contributed by atoms with Crippen molar-refractivity contribution in [3.8, 4) is 0 Å². The Bertz CT molecular complexity index is 323. The first-order valence-electron chi connectivity index (χ1n) is 2.62. The van der Waals surface area contributed by atoms with E-state index in [4.69, 9.17) is 0 Å². The lowest BCUT2D eigenvalue weighted by Gasteiger charge is -2.09. The molecule has 0 saturated carbocycles. The molecule has 3 nitrogen and oxygen atoms in total. The van der Waals surface area contributed by atoms with Crippen molar-refractivity contribution in [2.45, 2.75) is 11.0 Å². The van der Waals surface area contributed by atoms with E-state index < -0.39 is 36.7 Å². The molecule has 0 aromatic rings. The van der Waals surface area contributed by atoms with Crippen molar-refractivity contribution in [2.75, 3.05) is 5.08 Å². The van der Waals surface area contributed by atoms with Gasteiger partial charge in [-0.3, -0.25) is 0 Å². The molecule has 0 rings (SSSR count). The predicted octanol–water partition coefficient (Wildman–Crippen LogP) is 1.15. The first-order chi connectivity index (χ1) is 5.88. The zero-order chi connectivity index (χ0) is 11.8. The second-order valence-electron chi connectivity index (χ2n) is 1.97. The minimum absolute atomic E-state index is 2.50. The molecular weight excluding hydrogens is 262 g/mol. The first-order valence-corrected chi connectivity index (χ1v) is 5.59. The van der Waals surface area contributed by atoms with Crippen molar-refractivity contribution in [2.24, 2.45) is 0 Å². The molecule has 0 aromatic carbocycles. The molecule has 11 heteroatoms. The fraction of sp³-hybridized carbons (Fsp3) is 1.00. The highest BCUT2D eigenvalue weighted by molar-refractivity contribution is 8.06. The zero-order valence-electron chi connectivity index (χ0n) is 6.02. The zero-order valence-corrected chi connectivity index (χ0v) is 7.65. The monoisotopic (exact) mass is 264 g/mol. The van der Waals surface area contributed by atoms with Crippen LogP contribution < -0.4 is 0 Å². The molecule has 0 spiro atoms. The second kappa shape index (κ2) is 3.68. The van der Waals surface area contributed by atoms with Crippen LogP contribution >= 0.6 is 0 Å². The molecule has 0 aliphatic heterocycles. The lowest BCUT2D eigenvalue weighted by Crippen LogP contribution is -2.32. The van der Waals surface area contributed by atoms with E-state index in [0.29, 0.717) is 0 Å². The maximum atomic E-state index is 11.5. The number of halogens is 6. The first kappa shape index (κ1) is 13.7. The predicted molar refractivity (Wildman–Crippen MR) is 34.0 cm³/mol. The fourth-order valence-corrected chi connectivity index (χ4v) is 2.47. The van der Waals surface area contributed by atoms with Gasteiger partial charge in [0.15, 0.2) is 0 Å². The van der Waals surface area contributed by atoms with Crippen molar-refractivity contribution in [3.63, 3.8) is 0 Å². The Hall–Kier alpha value is -0.320. The summed E-state index contributed by atoms with van der Waals surface area (Å²) in [6.07, 6.45) is 0. The summed E-state index contributed by atoms with van der Waals surface area (Å²) in [6.45, 7) is 0. The summed E-state index contributed by atoms with van der Waals surface area (Å²) in [4.78, 5) is 0. The van der Waals surface area contributed by atoms with Crippen LogP contribution in [-0.4, -0.2) is 28.7 Å². The van der Waals surface area contributed by atoms with Gasteiger partial charge in [0.2, 0.25) is 0 Å². The Morgan fingerprint density at radius 2 is 1.36 bits per heavy atom. The van der Waals surface area contributed by atoms with E-state index in [9.17, 15) is 39.0 Å². The molecular formula is C3H2F6O3S2. The van der Waals surface area contributed by atoms with Crippen LogP contribution in [0.1, 0.15) is 0 Å². The third-order valence-electron chi connectivity index (χ3n) is 0.873. The van der Waals surface area contributed by atoms with E-state index in [1.807, 2.05) is 0 Å². The summed E-state index contributed by atoms with van der Waals surface area (Å²) in [6, 6.07) is 0. The highest BCUT2D eigenvalue weighted by Crippen LogP contribution is 2.28. The summed E-state index contributed by atoms with van der Waals surface area (Å²) in [7, 11) is -10.1. The van der Waals surface area contributed by atoms with Crippen molar-refractivity contribution < 1.29 is 39.0 Å². The summed E-state index contributed by atoms with van der Waals surface area (Å²) in [5.41, 5.74) is -11.3. The van der Waals surface area contributed by atoms with Gasteiger partial charge in [-0.15, -0.1) is 0 Å². The minimum atomic E-state index is -6.00. The van der Waals surface area contributed by atoms with Gasteiger partial charge in [-0.05, 0) is 0 Å². The van der Waals surface area contributed by atoms with Crippen molar-refractivity contribution in [1.29, 1.82) is 0 Å². The van der Waals surface area contributed by atoms with Crippen LogP contribution in [0.4, 0.5) is 26.3 Å². The maximum Gasteiger partial charge on any atom is 0.498 e. The molecule has 0 fully saturated rings. The van der Waals surface area contributed by atoms with Gasteiger partial charge in [-0.2, -0.15) is 26.3 Å². The van der Waals surface area contributed by atoms with Crippen LogP contribution in [-0.2, 0) is 20.6 Å². The van der Waals surface area contributed by atoms with Crippen LogP contribution in [0.5, 0.6) is 0 Å². The van der Waals surface area contributed by atoms with E-state index in [0.717, 1.165) is 0 Å². The lowest BCUT2D eigenvalue weighted by atomic mass is 11.5. The average Bonchev–Trinajstić information content (AvgIpc) is 1.80. The minimum Gasteiger partial charge on any atom is -0.249 e. The van der Waals surface area contributed by atoms with Crippen LogP contribution in [0.25, 0.3) is 0 Å². The Labute approximate surface area is 76.5 Å². The molecule has 0 heterocycles. The SMILES string of the molecule is O=S(CS(=O)(=O)C(F)(F)F)C(F)(F)F. The number of rotatable bonds is 2. The Morgan fingerprint density at radius 3 is 1.57 bits per heavy atom. The molecule has 0 aromatic heterocycles. The third-order valence-corrected chi connectivity index (χ3v) is 4.19. The number of alkyl halides is 6. The molecule has 86 valence electrons. The van der Waals surface area contributed by atoms with Gasteiger partial charge in [0.25, 0.3) is 9.84 Å². The number of sulfone groups is 1. The van der Waals surface area contributed by atoms with E-state index >= 15 is 0 Å². The van der Waals surface area contributed by atoms with Gasteiger partial charge >= 0.3 is 11.0 Å². The Kier molecular flexibility index (Phi) is 3.60. The summed E-state index contributed by atoms with van der Waals surface area (Å²) < 4.78 is 99.0. The van der Waals surface area contributed by atoms with Crippen LogP contribution in [0, 0.1) is 0 Å². The Morgan fingerprint density at radius 1 is 1.00 bits per heavy atom. The largest absolute Gasteiger partial charge is 0.498 e. The molecule has 0 bridgehead atoms. The molecule has 14 heavy (non-hydrogen) atoms. The van der Waals surface area contributed by atoms with Crippen molar-refractivity contribution >= 4 is 20.6 Å². The molecule has 0 radical (unpaired) electrons.